The molecule has 0 saturated carbocycles. The van der Waals surface area contributed by atoms with E-state index in [-0.39, 0.29) is 25.3 Å². The van der Waals surface area contributed by atoms with E-state index in [0.717, 1.165) is 23.8 Å². The van der Waals surface area contributed by atoms with E-state index in [2.05, 4.69) is 5.32 Å². The highest BCUT2D eigenvalue weighted by atomic mass is 19.1. The van der Waals surface area contributed by atoms with Gasteiger partial charge in [-0.3, -0.25) is 14.4 Å². The Morgan fingerprint density at radius 1 is 1.00 bits per heavy atom. The highest BCUT2D eigenvalue weighted by Crippen LogP contribution is 2.18. The number of amides is 2. The zero-order valence-electron chi connectivity index (χ0n) is 15.2. The number of halogens is 2. The van der Waals surface area contributed by atoms with Crippen molar-refractivity contribution in [2.24, 2.45) is 0 Å². The lowest BCUT2D eigenvalue weighted by Crippen LogP contribution is -2.32. The number of benzene rings is 2. The second-order valence-electron chi connectivity index (χ2n) is 5.98. The molecule has 0 saturated heterocycles. The molecule has 0 radical (unpaired) electrons. The van der Waals surface area contributed by atoms with Crippen LogP contribution in [-0.2, 0) is 25.5 Å². The summed E-state index contributed by atoms with van der Waals surface area (Å²) >= 11 is 0. The minimum atomic E-state index is -1.26. The summed E-state index contributed by atoms with van der Waals surface area (Å²) in [5.74, 6) is -3.72. The number of hydrogen-bond donors (Lipinski definition) is 2. The molecule has 0 aliphatic rings. The quantitative estimate of drug-likeness (QED) is 0.679. The predicted molar refractivity (Wildman–Crippen MR) is 98.3 cm³/mol. The van der Waals surface area contributed by atoms with Crippen molar-refractivity contribution in [1.82, 2.24) is 5.32 Å². The fraction of sp³-hybridized carbons (Fsp3) is 0.250. The van der Waals surface area contributed by atoms with E-state index in [4.69, 9.17) is 4.74 Å². The van der Waals surface area contributed by atoms with Crippen LogP contribution in [0.15, 0.2) is 48.5 Å². The van der Waals surface area contributed by atoms with E-state index in [9.17, 15) is 23.2 Å². The molecule has 2 N–H and O–H groups in total. The second-order valence-corrected chi connectivity index (χ2v) is 5.98. The van der Waals surface area contributed by atoms with Crippen LogP contribution in [0.25, 0.3) is 0 Å². The van der Waals surface area contributed by atoms with Crippen LogP contribution in [0.2, 0.25) is 0 Å². The van der Waals surface area contributed by atoms with Gasteiger partial charge in [-0.15, -0.1) is 0 Å². The van der Waals surface area contributed by atoms with E-state index in [1.165, 1.54) is 6.92 Å². The number of para-hydroxylation sites is 1. The molecule has 0 bridgehead atoms. The number of esters is 1. The molecule has 28 heavy (non-hydrogen) atoms. The van der Waals surface area contributed by atoms with Crippen LogP contribution in [-0.4, -0.2) is 30.4 Å². The lowest BCUT2D eigenvalue weighted by atomic mass is 10.1. The van der Waals surface area contributed by atoms with Crippen LogP contribution in [0.1, 0.15) is 18.9 Å². The van der Waals surface area contributed by atoms with Crippen molar-refractivity contribution in [1.29, 1.82) is 0 Å². The first kappa shape index (κ1) is 21.0. The van der Waals surface area contributed by atoms with Crippen molar-refractivity contribution in [3.63, 3.8) is 0 Å². The third-order valence-corrected chi connectivity index (χ3v) is 3.75. The van der Waals surface area contributed by atoms with Gasteiger partial charge < -0.3 is 15.4 Å². The molecule has 0 fully saturated rings. The van der Waals surface area contributed by atoms with Crippen LogP contribution in [0, 0.1) is 11.6 Å². The molecular weight excluding hydrogens is 370 g/mol. The van der Waals surface area contributed by atoms with Gasteiger partial charge >= 0.3 is 5.97 Å². The molecule has 0 aliphatic heterocycles. The van der Waals surface area contributed by atoms with Crippen LogP contribution >= 0.6 is 0 Å². The van der Waals surface area contributed by atoms with Crippen LogP contribution < -0.4 is 10.6 Å². The average molecular weight is 390 g/mol. The second kappa shape index (κ2) is 10.1. The third kappa shape index (κ3) is 6.46. The predicted octanol–water partition coefficient (Wildman–Crippen LogP) is 2.58. The molecule has 0 aromatic heterocycles. The summed E-state index contributed by atoms with van der Waals surface area (Å²) in [6.07, 6.45) is -1.22. The van der Waals surface area contributed by atoms with Gasteiger partial charge in [-0.05, 0) is 24.6 Å². The number of carbonyl (C=O) groups excluding carboxylic acids is 3. The number of carbonyl (C=O) groups is 3. The van der Waals surface area contributed by atoms with Gasteiger partial charge in [0.1, 0.15) is 17.3 Å². The Morgan fingerprint density at radius 3 is 2.29 bits per heavy atom. The third-order valence-electron chi connectivity index (χ3n) is 3.75. The van der Waals surface area contributed by atoms with Gasteiger partial charge in [0.25, 0.3) is 5.91 Å². The molecule has 1 unspecified atom stereocenters. The molecule has 2 aromatic rings. The average Bonchev–Trinajstić information content (AvgIpc) is 2.65. The summed E-state index contributed by atoms with van der Waals surface area (Å²) in [7, 11) is 0. The summed E-state index contributed by atoms with van der Waals surface area (Å²) in [6, 6.07) is 12.3. The zero-order chi connectivity index (χ0) is 20.5. The van der Waals surface area contributed by atoms with Crippen molar-refractivity contribution < 1.29 is 27.9 Å². The number of anilines is 1. The van der Waals surface area contributed by atoms with Crippen LogP contribution in [0.3, 0.4) is 0 Å². The minimum absolute atomic E-state index is 0.0424. The first-order chi connectivity index (χ1) is 13.4. The number of ether oxygens (including phenoxy) is 1. The Balaban J connectivity index is 1.73. The van der Waals surface area contributed by atoms with Crippen LogP contribution in [0.5, 0.6) is 0 Å². The normalized spacial score (nSPS) is 11.4. The highest BCUT2D eigenvalue weighted by molar-refractivity contribution is 5.95. The summed E-state index contributed by atoms with van der Waals surface area (Å²) in [5.41, 5.74) is 0.233. The Bertz CT molecular complexity index is 823. The topological polar surface area (TPSA) is 84.5 Å². The Morgan fingerprint density at radius 2 is 1.64 bits per heavy atom. The van der Waals surface area contributed by atoms with Gasteiger partial charge in [-0.25, -0.2) is 8.78 Å². The molecule has 6 nitrogen and oxygen atoms in total. The Kier molecular flexibility index (Phi) is 7.62. The number of hydrogen-bond acceptors (Lipinski definition) is 4. The number of rotatable bonds is 8. The molecule has 1 atom stereocenters. The lowest BCUT2D eigenvalue weighted by molar-refractivity contribution is -0.153. The monoisotopic (exact) mass is 390 g/mol. The molecule has 2 rings (SSSR count). The largest absolute Gasteiger partial charge is 0.452 e. The minimum Gasteiger partial charge on any atom is -0.452 e. The lowest BCUT2D eigenvalue weighted by Gasteiger charge is -2.14. The highest BCUT2D eigenvalue weighted by Gasteiger charge is 2.20. The fourth-order valence-corrected chi connectivity index (χ4v) is 2.30. The Hall–Kier alpha value is -3.29. The Labute approximate surface area is 160 Å². The molecular formula is C20H20F2N2O4. The molecule has 0 heterocycles. The van der Waals surface area contributed by atoms with E-state index in [0.29, 0.717) is 0 Å². The van der Waals surface area contributed by atoms with Gasteiger partial charge in [-0.2, -0.15) is 0 Å². The fourth-order valence-electron chi connectivity index (χ4n) is 2.30. The van der Waals surface area contributed by atoms with E-state index < -0.39 is 35.3 Å². The molecule has 148 valence electrons. The van der Waals surface area contributed by atoms with Gasteiger partial charge in [0.2, 0.25) is 5.91 Å². The zero-order valence-corrected chi connectivity index (χ0v) is 15.2. The van der Waals surface area contributed by atoms with Crippen molar-refractivity contribution in [2.75, 3.05) is 11.9 Å². The summed E-state index contributed by atoms with van der Waals surface area (Å²) in [6.45, 7) is 1.32. The van der Waals surface area contributed by atoms with Crippen molar-refractivity contribution in [2.45, 2.75) is 25.9 Å². The van der Waals surface area contributed by atoms with Gasteiger partial charge in [0, 0.05) is 6.54 Å². The van der Waals surface area contributed by atoms with E-state index in [1.54, 1.807) is 0 Å². The molecule has 2 aromatic carbocycles. The van der Waals surface area contributed by atoms with Gasteiger partial charge in [-0.1, -0.05) is 36.4 Å². The molecule has 2 amide bonds. The van der Waals surface area contributed by atoms with Crippen molar-refractivity contribution >= 4 is 23.5 Å². The van der Waals surface area contributed by atoms with Gasteiger partial charge in [0.15, 0.2) is 6.10 Å². The summed E-state index contributed by atoms with van der Waals surface area (Å²) in [5, 5.41) is 4.63. The smallest absolute Gasteiger partial charge is 0.308 e. The maximum atomic E-state index is 13.5. The van der Waals surface area contributed by atoms with Crippen molar-refractivity contribution in [3.8, 4) is 0 Å². The van der Waals surface area contributed by atoms with E-state index >= 15 is 0 Å². The van der Waals surface area contributed by atoms with E-state index in [1.807, 2.05) is 35.6 Å². The maximum absolute atomic E-state index is 13.5. The first-order valence-electron chi connectivity index (χ1n) is 8.62. The molecule has 8 heteroatoms. The summed E-state index contributed by atoms with van der Waals surface area (Å²) in [4.78, 5) is 35.5. The standard InChI is InChI=1S/C20H20F2N2O4/c1-13(20(27)24-19-15(21)8-5-9-16(19)22)28-18(26)10-11-23-17(25)12-14-6-3-2-4-7-14/h2-9,13H,10-12H2,1H3,(H,23,25)(H,24,27). The first-order valence-corrected chi connectivity index (χ1v) is 8.62. The molecule has 0 aliphatic carbocycles. The van der Waals surface area contributed by atoms with Crippen LogP contribution in [0.4, 0.5) is 14.5 Å². The van der Waals surface area contributed by atoms with Crippen molar-refractivity contribution in [3.05, 3.63) is 65.7 Å². The maximum Gasteiger partial charge on any atom is 0.308 e. The summed E-state index contributed by atoms with van der Waals surface area (Å²) < 4.78 is 32.0. The number of nitrogens with one attached hydrogen (secondary N) is 2. The van der Waals surface area contributed by atoms with Gasteiger partial charge in [0.05, 0.1) is 12.8 Å². The SMILES string of the molecule is CC(OC(=O)CCNC(=O)Cc1ccccc1)C(=O)Nc1c(F)cccc1F. The molecule has 0 spiro atoms.